The molecule has 5 heteroatoms. The number of ether oxygens (including phenoxy) is 2. The molecule has 3 heterocycles. The third-order valence-electron chi connectivity index (χ3n) is 11.8. The Kier molecular flexibility index (Phi) is 6.87. The Balaban J connectivity index is 1.10. The molecule has 0 unspecified atom stereocenters. The summed E-state index contributed by atoms with van der Waals surface area (Å²) in [7, 11) is 0. The predicted molar refractivity (Wildman–Crippen MR) is 228 cm³/mol. The zero-order valence-corrected chi connectivity index (χ0v) is 31.0. The van der Waals surface area contributed by atoms with Crippen LogP contribution in [0.1, 0.15) is 30.5 Å². The summed E-state index contributed by atoms with van der Waals surface area (Å²) in [6.07, 6.45) is 0. The van der Waals surface area contributed by atoms with Gasteiger partial charge in [0.25, 0.3) is 6.71 Å². The standard InChI is InChI=1S/C50H37BN2O2/c1-32-20-23-35(24-21-32)52(36-26-29-45-40(30-36)50(2,3)39-16-9-10-18-44(39)54-45)37-25-27-41-47(31-37)55-46-19-11-17-42-49(46)51(41)48-38-15-8-7-12-33(38)22-28-43(48)53(42)34-13-5-4-6-14-34/h4-31H,1-3H3. The van der Waals surface area contributed by atoms with Gasteiger partial charge in [-0.25, -0.2) is 0 Å². The monoisotopic (exact) mass is 708 g/mol. The van der Waals surface area contributed by atoms with Gasteiger partial charge < -0.3 is 19.3 Å². The van der Waals surface area contributed by atoms with E-state index >= 15 is 0 Å². The van der Waals surface area contributed by atoms with Crippen LogP contribution in [-0.2, 0) is 5.41 Å². The molecule has 0 bridgehead atoms. The maximum absolute atomic E-state index is 7.01. The van der Waals surface area contributed by atoms with Crippen LogP contribution in [-0.4, -0.2) is 6.71 Å². The third-order valence-corrected chi connectivity index (χ3v) is 11.8. The number of fused-ring (bicyclic) bond motifs is 8. The van der Waals surface area contributed by atoms with Crippen molar-refractivity contribution >= 4 is 68.0 Å². The van der Waals surface area contributed by atoms with Crippen LogP contribution in [0, 0.1) is 6.92 Å². The average Bonchev–Trinajstić information content (AvgIpc) is 3.22. The predicted octanol–water partition coefficient (Wildman–Crippen LogP) is 11.5. The van der Waals surface area contributed by atoms with E-state index in [1.807, 2.05) is 6.07 Å². The van der Waals surface area contributed by atoms with Gasteiger partial charge in [-0.2, -0.15) is 0 Å². The van der Waals surface area contributed by atoms with Gasteiger partial charge in [0, 0.05) is 56.7 Å². The van der Waals surface area contributed by atoms with E-state index in [4.69, 9.17) is 9.47 Å². The second kappa shape index (κ2) is 11.9. The molecule has 0 amide bonds. The first-order chi connectivity index (χ1) is 26.9. The molecule has 55 heavy (non-hydrogen) atoms. The smallest absolute Gasteiger partial charge is 0.257 e. The van der Waals surface area contributed by atoms with Crippen molar-refractivity contribution in [3.8, 4) is 23.0 Å². The summed E-state index contributed by atoms with van der Waals surface area (Å²) in [4.78, 5) is 4.74. The van der Waals surface area contributed by atoms with Crippen molar-refractivity contribution in [3.05, 3.63) is 187 Å². The van der Waals surface area contributed by atoms with Crippen molar-refractivity contribution in [1.29, 1.82) is 0 Å². The lowest BCUT2D eigenvalue weighted by atomic mass is 9.33. The first-order valence-corrected chi connectivity index (χ1v) is 19.0. The molecule has 8 aromatic carbocycles. The molecule has 3 aliphatic rings. The van der Waals surface area contributed by atoms with Crippen molar-refractivity contribution in [3.63, 3.8) is 0 Å². The summed E-state index contributed by atoms with van der Waals surface area (Å²) in [6, 6.07) is 61.0. The summed E-state index contributed by atoms with van der Waals surface area (Å²) < 4.78 is 13.5. The number of hydrogen-bond acceptors (Lipinski definition) is 4. The SMILES string of the molecule is Cc1ccc(N(c2ccc3c(c2)Oc2cccc4c2B3c2c(ccc3ccccc23)N4c2ccccc2)c2ccc3c(c2)C(C)(C)c2ccccc2O3)cc1. The van der Waals surface area contributed by atoms with Crippen LogP contribution in [0.3, 0.4) is 0 Å². The first-order valence-electron chi connectivity index (χ1n) is 19.0. The van der Waals surface area contributed by atoms with Gasteiger partial charge >= 0.3 is 0 Å². The lowest BCUT2D eigenvalue weighted by molar-refractivity contribution is 0.418. The van der Waals surface area contributed by atoms with Crippen molar-refractivity contribution in [2.24, 2.45) is 0 Å². The quantitative estimate of drug-likeness (QED) is 0.170. The molecule has 11 rings (SSSR count). The number of hydrogen-bond donors (Lipinski definition) is 0. The molecular formula is C50H37BN2O2. The lowest BCUT2D eigenvalue weighted by Crippen LogP contribution is -2.59. The van der Waals surface area contributed by atoms with Gasteiger partial charge in [-0.05, 0) is 107 Å². The van der Waals surface area contributed by atoms with Gasteiger partial charge in [0.1, 0.15) is 23.0 Å². The van der Waals surface area contributed by atoms with E-state index in [1.165, 1.54) is 38.5 Å². The fourth-order valence-corrected chi connectivity index (χ4v) is 9.15. The Morgan fingerprint density at radius 2 is 1.18 bits per heavy atom. The van der Waals surface area contributed by atoms with E-state index in [0.29, 0.717) is 0 Å². The molecule has 0 fully saturated rings. The van der Waals surface area contributed by atoms with Crippen molar-refractivity contribution in [2.75, 3.05) is 9.80 Å². The summed E-state index contributed by atoms with van der Waals surface area (Å²) in [5.74, 6) is 3.57. The highest BCUT2D eigenvalue weighted by molar-refractivity contribution is 7.00. The highest BCUT2D eigenvalue weighted by Crippen LogP contribution is 2.50. The maximum Gasteiger partial charge on any atom is 0.257 e. The van der Waals surface area contributed by atoms with E-state index in [1.54, 1.807) is 0 Å². The second-order valence-corrected chi connectivity index (χ2v) is 15.4. The van der Waals surface area contributed by atoms with Gasteiger partial charge in [-0.3, -0.25) is 0 Å². The topological polar surface area (TPSA) is 24.9 Å². The number of para-hydroxylation sites is 2. The summed E-state index contributed by atoms with van der Waals surface area (Å²) >= 11 is 0. The molecule has 8 aromatic rings. The molecular weight excluding hydrogens is 671 g/mol. The minimum atomic E-state index is -0.246. The van der Waals surface area contributed by atoms with Crippen LogP contribution in [0.4, 0.5) is 34.1 Å². The molecule has 0 saturated heterocycles. The molecule has 0 aromatic heterocycles. The summed E-state index contributed by atoms with van der Waals surface area (Å²) in [5.41, 5.74) is 13.6. The fourth-order valence-electron chi connectivity index (χ4n) is 9.15. The number of benzene rings is 8. The number of nitrogens with zero attached hydrogens (tertiary/aromatic N) is 2. The lowest BCUT2D eigenvalue weighted by Gasteiger charge is -2.40. The molecule has 0 saturated carbocycles. The minimum absolute atomic E-state index is 0.0142. The highest BCUT2D eigenvalue weighted by Gasteiger charge is 2.43. The first kappa shape index (κ1) is 31.8. The van der Waals surface area contributed by atoms with Gasteiger partial charge in [-0.15, -0.1) is 0 Å². The third kappa shape index (κ3) is 4.79. The zero-order valence-electron chi connectivity index (χ0n) is 31.0. The Morgan fingerprint density at radius 1 is 0.509 bits per heavy atom. The van der Waals surface area contributed by atoms with Crippen LogP contribution in [0.5, 0.6) is 23.0 Å². The molecule has 0 aliphatic carbocycles. The minimum Gasteiger partial charge on any atom is -0.458 e. The van der Waals surface area contributed by atoms with E-state index in [0.717, 1.165) is 62.5 Å². The van der Waals surface area contributed by atoms with Gasteiger partial charge in [0.2, 0.25) is 0 Å². The molecule has 0 radical (unpaired) electrons. The highest BCUT2D eigenvalue weighted by atomic mass is 16.5. The van der Waals surface area contributed by atoms with E-state index < -0.39 is 0 Å². The molecule has 4 nitrogen and oxygen atoms in total. The van der Waals surface area contributed by atoms with Crippen molar-refractivity contribution in [2.45, 2.75) is 26.2 Å². The number of rotatable bonds is 4. The van der Waals surface area contributed by atoms with Crippen LogP contribution >= 0.6 is 0 Å². The molecule has 0 N–H and O–H groups in total. The Hall–Kier alpha value is -6.72. The Bertz CT molecular complexity index is 2830. The van der Waals surface area contributed by atoms with E-state index in [2.05, 4.69) is 194 Å². The summed E-state index contributed by atoms with van der Waals surface area (Å²) in [6.45, 7) is 6.69. The van der Waals surface area contributed by atoms with Crippen molar-refractivity contribution in [1.82, 2.24) is 0 Å². The normalized spacial score (nSPS) is 14.1. The molecule has 262 valence electrons. The van der Waals surface area contributed by atoms with Crippen LogP contribution in [0.2, 0.25) is 0 Å². The van der Waals surface area contributed by atoms with Gasteiger partial charge in [0.15, 0.2) is 0 Å². The van der Waals surface area contributed by atoms with Gasteiger partial charge in [-0.1, -0.05) is 110 Å². The molecule has 3 aliphatic heterocycles. The number of aryl methyl sites for hydroxylation is 1. The number of anilines is 6. The van der Waals surface area contributed by atoms with E-state index in [-0.39, 0.29) is 12.1 Å². The van der Waals surface area contributed by atoms with Crippen LogP contribution in [0.25, 0.3) is 10.8 Å². The molecule has 0 spiro atoms. The van der Waals surface area contributed by atoms with Crippen molar-refractivity contribution < 1.29 is 9.47 Å². The summed E-state index contributed by atoms with van der Waals surface area (Å²) in [5, 5.41) is 2.48. The average molecular weight is 709 g/mol. The Labute approximate surface area is 321 Å². The van der Waals surface area contributed by atoms with Gasteiger partial charge in [0.05, 0.1) is 0 Å². The molecule has 0 atom stereocenters. The van der Waals surface area contributed by atoms with Crippen LogP contribution < -0.4 is 35.7 Å². The van der Waals surface area contributed by atoms with Crippen LogP contribution in [0.15, 0.2) is 170 Å². The maximum atomic E-state index is 7.01. The Morgan fingerprint density at radius 3 is 2.05 bits per heavy atom. The zero-order chi connectivity index (χ0) is 36.8. The van der Waals surface area contributed by atoms with E-state index in [9.17, 15) is 0 Å². The fraction of sp³-hybridized carbons (Fsp3) is 0.0800. The largest absolute Gasteiger partial charge is 0.458 e. The second-order valence-electron chi connectivity index (χ2n) is 15.4.